The number of rotatable bonds is 3. The molecule has 1 saturated heterocycles. The predicted molar refractivity (Wildman–Crippen MR) is 75.0 cm³/mol. The Morgan fingerprint density at radius 1 is 1.33 bits per heavy atom. The first-order valence-electron chi connectivity index (χ1n) is 6.39. The van der Waals surface area contributed by atoms with Crippen LogP contribution in [0.1, 0.15) is 12.1 Å². The summed E-state index contributed by atoms with van der Waals surface area (Å²) in [6, 6.07) is 2.94. The summed E-state index contributed by atoms with van der Waals surface area (Å²) in [4.78, 5) is 11.3. The summed E-state index contributed by atoms with van der Waals surface area (Å²) in [5, 5.41) is 15.3. The highest BCUT2D eigenvalue weighted by atomic mass is 32.2. The number of benzene rings is 1. The lowest BCUT2D eigenvalue weighted by Crippen LogP contribution is -2.30. The van der Waals surface area contributed by atoms with E-state index >= 15 is 0 Å². The fraction of sp³-hybridized carbons (Fsp3) is 0.167. The molecule has 0 bridgehead atoms. The number of amides is 1. The Morgan fingerprint density at radius 2 is 2.04 bits per heavy atom. The smallest absolute Gasteiger partial charge is 0.326 e. The molecule has 12 heteroatoms. The molecule has 0 atom stereocenters. The Balaban J connectivity index is 2.13. The number of alkyl halides is 2. The Kier molecular flexibility index (Phi) is 3.63. The van der Waals surface area contributed by atoms with Crippen molar-refractivity contribution in [1.29, 1.82) is 0 Å². The lowest BCUT2D eigenvalue weighted by atomic mass is 10.1. The van der Waals surface area contributed by atoms with Crippen LogP contribution in [0.5, 0.6) is 5.75 Å². The van der Waals surface area contributed by atoms with Crippen molar-refractivity contribution in [2.24, 2.45) is 0 Å². The van der Waals surface area contributed by atoms with Crippen molar-refractivity contribution in [3.8, 4) is 17.0 Å². The number of phenolic OH excluding ortho intramolecular Hbond substituents is 1. The normalized spacial score (nSPS) is 16.7. The van der Waals surface area contributed by atoms with E-state index in [4.69, 9.17) is 0 Å². The van der Waals surface area contributed by atoms with Crippen LogP contribution in [0.4, 0.5) is 18.9 Å². The van der Waals surface area contributed by atoms with Gasteiger partial charge in [0.25, 0.3) is 12.3 Å². The van der Waals surface area contributed by atoms with E-state index in [9.17, 15) is 31.5 Å². The van der Waals surface area contributed by atoms with Crippen molar-refractivity contribution < 1.29 is 31.5 Å². The summed E-state index contributed by atoms with van der Waals surface area (Å²) in [6.07, 6.45) is -2.88. The zero-order valence-electron chi connectivity index (χ0n) is 11.6. The van der Waals surface area contributed by atoms with Gasteiger partial charge in [0.15, 0.2) is 5.82 Å². The summed E-state index contributed by atoms with van der Waals surface area (Å²) in [5.41, 5.74) is -1.82. The van der Waals surface area contributed by atoms with Gasteiger partial charge in [0, 0.05) is 5.56 Å². The first-order chi connectivity index (χ1) is 11.2. The highest BCUT2D eigenvalue weighted by Crippen LogP contribution is 2.38. The Labute approximate surface area is 133 Å². The van der Waals surface area contributed by atoms with Crippen LogP contribution in [0.3, 0.4) is 0 Å². The molecule has 0 aliphatic carbocycles. The number of phenols is 1. The first kappa shape index (κ1) is 16.1. The number of hydrogen-bond acceptors (Lipinski definition) is 5. The number of hydrogen-bond donors (Lipinski definition) is 3. The zero-order valence-corrected chi connectivity index (χ0v) is 12.4. The van der Waals surface area contributed by atoms with Crippen molar-refractivity contribution in [2.45, 2.75) is 6.43 Å². The van der Waals surface area contributed by atoms with Crippen LogP contribution in [-0.4, -0.2) is 36.2 Å². The molecule has 1 fully saturated rings. The number of aromatic amines is 1. The fourth-order valence-corrected chi connectivity index (χ4v) is 3.40. The first-order valence-corrected chi connectivity index (χ1v) is 7.83. The second-order valence-electron chi connectivity index (χ2n) is 4.84. The number of H-pyrrole nitrogens is 1. The number of nitrogens with one attached hydrogen (secondary N) is 2. The monoisotopic (exact) mass is 362 g/mol. The van der Waals surface area contributed by atoms with Crippen molar-refractivity contribution >= 4 is 21.8 Å². The number of aromatic nitrogens is 2. The summed E-state index contributed by atoms with van der Waals surface area (Å²) >= 11 is 0. The largest absolute Gasteiger partial charge is 0.506 e. The maximum Gasteiger partial charge on any atom is 0.326 e. The van der Waals surface area contributed by atoms with Gasteiger partial charge in [0.1, 0.15) is 23.7 Å². The van der Waals surface area contributed by atoms with Gasteiger partial charge < -0.3 is 5.11 Å². The van der Waals surface area contributed by atoms with Gasteiger partial charge >= 0.3 is 10.2 Å². The van der Waals surface area contributed by atoms with Gasteiger partial charge in [-0.2, -0.15) is 13.5 Å². The molecular weight excluding hydrogens is 353 g/mol. The van der Waals surface area contributed by atoms with Crippen molar-refractivity contribution in [1.82, 2.24) is 14.9 Å². The molecule has 0 spiro atoms. The minimum Gasteiger partial charge on any atom is -0.506 e. The van der Waals surface area contributed by atoms with E-state index in [2.05, 4.69) is 10.2 Å². The Hall–Kier alpha value is -2.76. The van der Waals surface area contributed by atoms with Crippen LogP contribution in [-0.2, 0) is 15.0 Å². The molecule has 2 aromatic rings. The molecule has 2 heterocycles. The molecule has 128 valence electrons. The molecule has 1 amide bonds. The van der Waals surface area contributed by atoms with Crippen LogP contribution >= 0.6 is 0 Å². The van der Waals surface area contributed by atoms with Gasteiger partial charge in [-0.05, 0) is 18.2 Å². The summed E-state index contributed by atoms with van der Waals surface area (Å²) < 4.78 is 65.5. The van der Waals surface area contributed by atoms with E-state index in [0.717, 1.165) is 18.2 Å². The van der Waals surface area contributed by atoms with Gasteiger partial charge in [-0.3, -0.25) is 9.89 Å². The van der Waals surface area contributed by atoms with Crippen LogP contribution in [0.15, 0.2) is 18.2 Å². The van der Waals surface area contributed by atoms with E-state index in [1.165, 1.54) is 0 Å². The maximum absolute atomic E-state index is 14.7. The van der Waals surface area contributed by atoms with Crippen LogP contribution < -0.4 is 9.03 Å². The molecule has 24 heavy (non-hydrogen) atoms. The van der Waals surface area contributed by atoms with Crippen molar-refractivity contribution in [2.75, 3.05) is 10.8 Å². The number of halogens is 3. The van der Waals surface area contributed by atoms with E-state index in [-0.39, 0.29) is 11.3 Å². The standard InChI is InChI=1S/C12H9F3N4O4S/c13-10-5(6-3-7(12(14)15)17-16-6)1-2-8(20)11(10)19-4-9(21)18-24(19,22)23/h1-3,12,20H,4H2,(H,16,17)(H,18,21). The predicted octanol–water partition coefficient (Wildman–Crippen LogP) is 1.04. The molecule has 1 aliphatic heterocycles. The second-order valence-corrected chi connectivity index (χ2v) is 6.43. The Morgan fingerprint density at radius 3 is 2.58 bits per heavy atom. The van der Waals surface area contributed by atoms with Crippen molar-refractivity contribution in [3.05, 3.63) is 29.7 Å². The van der Waals surface area contributed by atoms with E-state index in [0.29, 0.717) is 4.31 Å². The van der Waals surface area contributed by atoms with Crippen LogP contribution in [0, 0.1) is 5.82 Å². The topological polar surface area (TPSA) is 115 Å². The molecule has 0 radical (unpaired) electrons. The van der Waals surface area contributed by atoms with E-state index < -0.39 is 52.0 Å². The van der Waals surface area contributed by atoms with Gasteiger partial charge in [-0.15, -0.1) is 0 Å². The minimum absolute atomic E-state index is 0.139. The maximum atomic E-state index is 14.7. The molecule has 3 rings (SSSR count). The summed E-state index contributed by atoms with van der Waals surface area (Å²) in [7, 11) is -4.35. The summed E-state index contributed by atoms with van der Waals surface area (Å²) in [6.45, 7) is -0.721. The minimum atomic E-state index is -4.35. The molecule has 0 unspecified atom stereocenters. The Bertz CT molecular complexity index is 928. The van der Waals surface area contributed by atoms with Gasteiger partial charge in [0.05, 0.1) is 5.69 Å². The second kappa shape index (κ2) is 5.40. The quantitative estimate of drug-likeness (QED) is 0.755. The lowest BCUT2D eigenvalue weighted by Gasteiger charge is -2.18. The summed E-state index contributed by atoms with van der Waals surface area (Å²) in [5.74, 6) is -2.84. The van der Waals surface area contributed by atoms with Crippen molar-refractivity contribution in [3.63, 3.8) is 0 Å². The van der Waals surface area contributed by atoms with Crippen LogP contribution in [0.25, 0.3) is 11.3 Å². The highest BCUT2D eigenvalue weighted by Gasteiger charge is 2.38. The highest BCUT2D eigenvalue weighted by molar-refractivity contribution is 7.92. The van der Waals surface area contributed by atoms with Crippen LogP contribution in [0.2, 0.25) is 0 Å². The molecule has 3 N–H and O–H groups in total. The van der Waals surface area contributed by atoms with E-state index in [1.54, 1.807) is 4.72 Å². The van der Waals surface area contributed by atoms with Gasteiger partial charge in [-0.25, -0.2) is 22.2 Å². The SMILES string of the molecule is O=C1CN(c2c(O)ccc(-c3cc(C(F)F)n[nH]3)c2F)S(=O)(=O)N1. The average Bonchev–Trinajstić information content (AvgIpc) is 3.04. The molecular formula is C12H9F3N4O4S. The molecule has 0 saturated carbocycles. The zero-order chi connectivity index (χ0) is 17.6. The molecule has 8 nitrogen and oxygen atoms in total. The number of nitrogens with zero attached hydrogens (tertiary/aromatic N) is 2. The molecule has 1 aromatic carbocycles. The third-order valence-electron chi connectivity index (χ3n) is 3.28. The third-order valence-corrected chi connectivity index (χ3v) is 4.65. The number of carbonyl (C=O) groups excluding carboxylic acids is 1. The molecule has 1 aliphatic rings. The number of carbonyl (C=O) groups is 1. The molecule has 1 aromatic heterocycles. The van der Waals surface area contributed by atoms with Gasteiger partial charge in [0.2, 0.25) is 0 Å². The number of anilines is 1. The van der Waals surface area contributed by atoms with E-state index in [1.807, 2.05) is 0 Å². The number of aromatic hydroxyl groups is 1. The fourth-order valence-electron chi connectivity index (χ4n) is 2.23. The van der Waals surface area contributed by atoms with Gasteiger partial charge in [-0.1, -0.05) is 0 Å². The lowest BCUT2D eigenvalue weighted by molar-refractivity contribution is -0.117. The third kappa shape index (κ3) is 2.54. The average molecular weight is 362 g/mol.